The highest BCUT2D eigenvalue weighted by Gasteiger charge is 2.87. The van der Waals surface area contributed by atoms with Crippen molar-refractivity contribution in [1.29, 1.82) is 0 Å². The van der Waals surface area contributed by atoms with E-state index in [1.54, 1.807) is 0 Å². The van der Waals surface area contributed by atoms with Crippen molar-refractivity contribution in [2.24, 2.45) is 16.2 Å². The molecule has 22 heavy (non-hydrogen) atoms. The summed E-state index contributed by atoms with van der Waals surface area (Å²) in [7, 11) is 1.49. The lowest BCUT2D eigenvalue weighted by molar-refractivity contribution is -0.235. The van der Waals surface area contributed by atoms with Gasteiger partial charge in [0.05, 0.1) is 20.3 Å². The van der Waals surface area contributed by atoms with Crippen LogP contribution in [0.15, 0.2) is 30.3 Å². The van der Waals surface area contributed by atoms with Crippen LogP contribution >= 0.6 is 0 Å². The van der Waals surface area contributed by atoms with Crippen molar-refractivity contribution in [3.8, 4) is 0 Å². The first-order valence-corrected chi connectivity index (χ1v) is 7.84. The number of hydrogen-bond donors (Lipinski definition) is 0. The van der Waals surface area contributed by atoms with Crippen LogP contribution in [0.1, 0.15) is 31.9 Å². The molecule has 0 N–H and O–H groups in total. The summed E-state index contributed by atoms with van der Waals surface area (Å²) in [6, 6.07) is 8.18. The predicted octanol–water partition coefficient (Wildman–Crippen LogP) is 3.19. The standard InChI is InChI=1S/C19H22O3/c1-16(2)17(3)11-22-12-18(17)10-9-13-7-5-6-8-14(13)19(16,18)15(20)21-4/h5-10H,11-12H2,1-4H3. The lowest BCUT2D eigenvalue weighted by Gasteiger charge is -2.75. The second-order valence-electron chi connectivity index (χ2n) is 7.58. The molecular weight excluding hydrogens is 276 g/mol. The molecule has 0 bridgehead atoms. The van der Waals surface area contributed by atoms with Gasteiger partial charge in [-0.15, -0.1) is 0 Å². The van der Waals surface area contributed by atoms with Gasteiger partial charge < -0.3 is 9.47 Å². The minimum Gasteiger partial charge on any atom is -0.468 e. The normalized spacial score (nSPS) is 40.2. The first-order chi connectivity index (χ1) is 10.4. The van der Waals surface area contributed by atoms with Crippen molar-refractivity contribution in [1.82, 2.24) is 0 Å². The van der Waals surface area contributed by atoms with Crippen LogP contribution in [0, 0.1) is 16.2 Å². The monoisotopic (exact) mass is 298 g/mol. The number of esters is 1. The van der Waals surface area contributed by atoms with E-state index in [4.69, 9.17) is 9.47 Å². The molecule has 0 aromatic heterocycles. The van der Waals surface area contributed by atoms with Gasteiger partial charge in [0.15, 0.2) is 0 Å². The van der Waals surface area contributed by atoms with Crippen LogP contribution in [0.5, 0.6) is 0 Å². The van der Waals surface area contributed by atoms with Crippen LogP contribution in [0.4, 0.5) is 0 Å². The summed E-state index contributed by atoms with van der Waals surface area (Å²) in [5, 5.41) is 0. The molecule has 3 atom stereocenters. The van der Waals surface area contributed by atoms with Gasteiger partial charge in [0, 0.05) is 10.8 Å². The summed E-state index contributed by atoms with van der Waals surface area (Å²) >= 11 is 0. The molecule has 116 valence electrons. The molecule has 1 heterocycles. The van der Waals surface area contributed by atoms with Crippen molar-refractivity contribution in [2.75, 3.05) is 20.3 Å². The summed E-state index contributed by atoms with van der Waals surface area (Å²) in [4.78, 5) is 13.1. The zero-order valence-corrected chi connectivity index (χ0v) is 13.6. The van der Waals surface area contributed by atoms with Crippen LogP contribution < -0.4 is 0 Å². The fourth-order valence-electron chi connectivity index (χ4n) is 5.72. The van der Waals surface area contributed by atoms with E-state index in [-0.39, 0.29) is 22.2 Å². The molecule has 0 radical (unpaired) electrons. The second-order valence-corrected chi connectivity index (χ2v) is 7.58. The van der Waals surface area contributed by atoms with Gasteiger partial charge in [-0.1, -0.05) is 57.2 Å². The van der Waals surface area contributed by atoms with Gasteiger partial charge in [-0.2, -0.15) is 0 Å². The summed E-state index contributed by atoms with van der Waals surface area (Å²) in [6.45, 7) is 7.89. The maximum atomic E-state index is 13.1. The smallest absolute Gasteiger partial charge is 0.317 e. The Morgan fingerprint density at radius 2 is 1.91 bits per heavy atom. The van der Waals surface area contributed by atoms with Gasteiger partial charge in [0.2, 0.25) is 0 Å². The average Bonchev–Trinajstić information content (AvgIpc) is 2.82. The highest BCUT2D eigenvalue weighted by Crippen LogP contribution is 2.82. The topological polar surface area (TPSA) is 35.5 Å². The quantitative estimate of drug-likeness (QED) is 0.747. The van der Waals surface area contributed by atoms with Crippen LogP contribution in [-0.2, 0) is 19.7 Å². The fourth-order valence-corrected chi connectivity index (χ4v) is 5.72. The number of fused-ring (bicyclic) bond motifs is 2. The van der Waals surface area contributed by atoms with Crippen LogP contribution in [0.25, 0.3) is 6.08 Å². The minimum absolute atomic E-state index is 0.0712. The highest BCUT2D eigenvalue weighted by atomic mass is 16.5. The van der Waals surface area contributed by atoms with E-state index in [0.29, 0.717) is 13.2 Å². The predicted molar refractivity (Wildman–Crippen MR) is 84.3 cm³/mol. The highest BCUT2D eigenvalue weighted by molar-refractivity contribution is 5.92. The largest absolute Gasteiger partial charge is 0.468 e. The Morgan fingerprint density at radius 1 is 1.18 bits per heavy atom. The lowest BCUT2D eigenvalue weighted by Crippen LogP contribution is -2.81. The average molecular weight is 298 g/mol. The number of ether oxygens (including phenoxy) is 2. The molecule has 3 heteroatoms. The number of methoxy groups -OCH3 is 1. The van der Waals surface area contributed by atoms with Crippen molar-refractivity contribution >= 4 is 12.0 Å². The van der Waals surface area contributed by atoms with Crippen molar-refractivity contribution in [3.05, 3.63) is 41.5 Å². The molecule has 1 aromatic rings. The molecular formula is C19H22O3. The van der Waals surface area contributed by atoms with E-state index in [1.807, 2.05) is 12.1 Å². The summed E-state index contributed by atoms with van der Waals surface area (Å²) in [5.41, 5.74) is 0.886. The zero-order chi connectivity index (χ0) is 15.8. The minimum atomic E-state index is -0.675. The van der Waals surface area contributed by atoms with Crippen molar-refractivity contribution in [2.45, 2.75) is 26.2 Å². The third-order valence-corrected chi connectivity index (χ3v) is 7.09. The molecule has 3 unspecified atom stereocenters. The summed E-state index contributed by atoms with van der Waals surface area (Å²) < 4.78 is 11.2. The second kappa shape index (κ2) is 3.83. The maximum absolute atomic E-state index is 13.1. The summed E-state index contributed by atoms with van der Waals surface area (Å²) in [6.07, 6.45) is 4.36. The molecule has 0 amide bonds. The first kappa shape index (κ1) is 14.0. The van der Waals surface area contributed by atoms with E-state index in [0.717, 1.165) is 11.1 Å². The lowest BCUT2D eigenvalue weighted by atomic mass is 9.24. The van der Waals surface area contributed by atoms with Gasteiger partial charge in [0.1, 0.15) is 5.41 Å². The van der Waals surface area contributed by atoms with Crippen molar-refractivity contribution < 1.29 is 14.3 Å². The Balaban J connectivity index is 2.10. The number of carbonyl (C=O) groups excluding carboxylic acids is 1. The third-order valence-electron chi connectivity index (χ3n) is 7.09. The SMILES string of the molecule is COC(=O)C12c3ccccc3C=CC13COCC3(C)C2(C)C. The van der Waals surface area contributed by atoms with Crippen molar-refractivity contribution in [3.63, 3.8) is 0 Å². The van der Waals surface area contributed by atoms with E-state index in [2.05, 4.69) is 45.1 Å². The Bertz CT molecular complexity index is 704. The molecule has 1 saturated heterocycles. The first-order valence-electron chi connectivity index (χ1n) is 7.84. The Kier molecular flexibility index (Phi) is 2.44. The molecule has 4 rings (SSSR count). The maximum Gasteiger partial charge on any atom is 0.317 e. The van der Waals surface area contributed by atoms with Gasteiger partial charge in [-0.3, -0.25) is 4.79 Å². The molecule has 2 aliphatic carbocycles. The Labute approximate surface area is 131 Å². The number of carbonyl (C=O) groups is 1. The van der Waals surface area contributed by atoms with Crippen LogP contribution in [0.3, 0.4) is 0 Å². The molecule has 3 nitrogen and oxygen atoms in total. The molecule has 1 aliphatic heterocycles. The zero-order valence-electron chi connectivity index (χ0n) is 13.6. The summed E-state index contributed by atoms with van der Waals surface area (Å²) in [5.74, 6) is -0.141. The van der Waals surface area contributed by atoms with E-state index < -0.39 is 5.41 Å². The van der Waals surface area contributed by atoms with Crippen LogP contribution in [0.2, 0.25) is 0 Å². The van der Waals surface area contributed by atoms with Crippen LogP contribution in [-0.4, -0.2) is 26.3 Å². The molecule has 2 fully saturated rings. The molecule has 1 saturated carbocycles. The number of rotatable bonds is 1. The van der Waals surface area contributed by atoms with Gasteiger partial charge in [-0.25, -0.2) is 0 Å². The molecule has 3 aliphatic rings. The Morgan fingerprint density at radius 3 is 2.64 bits per heavy atom. The third kappa shape index (κ3) is 1.03. The van der Waals surface area contributed by atoms with E-state index in [1.165, 1.54) is 7.11 Å². The molecule has 1 aromatic carbocycles. The van der Waals surface area contributed by atoms with Gasteiger partial charge in [-0.05, 0) is 16.5 Å². The number of hydrogen-bond acceptors (Lipinski definition) is 3. The molecule has 1 spiro atoms. The Hall–Kier alpha value is -1.61. The van der Waals surface area contributed by atoms with Gasteiger partial charge in [0.25, 0.3) is 0 Å². The van der Waals surface area contributed by atoms with E-state index >= 15 is 0 Å². The van der Waals surface area contributed by atoms with Gasteiger partial charge >= 0.3 is 5.97 Å². The van der Waals surface area contributed by atoms with E-state index in [9.17, 15) is 4.79 Å². The number of benzene rings is 1. The fraction of sp³-hybridized carbons (Fsp3) is 0.526.